The van der Waals surface area contributed by atoms with Gasteiger partial charge < -0.3 is 5.11 Å². The maximum Gasteiger partial charge on any atom is 0.336 e. The Hall–Kier alpha value is -2.32. The first-order valence-electron chi connectivity index (χ1n) is 7.93. The molecule has 1 saturated heterocycles. The summed E-state index contributed by atoms with van der Waals surface area (Å²) in [6.07, 6.45) is 4.07. The monoisotopic (exact) mass is 361 g/mol. The molecule has 0 aliphatic carbocycles. The summed E-state index contributed by atoms with van der Waals surface area (Å²) in [7, 11) is -3.16. The van der Waals surface area contributed by atoms with Crippen LogP contribution in [0.4, 0.5) is 0 Å². The molecular weight excluding hydrogens is 342 g/mol. The molecule has 0 radical (unpaired) electrons. The highest BCUT2D eigenvalue weighted by Crippen LogP contribution is 2.25. The SMILES string of the molecule is CS(=O)(=O)N1CC[C@H](Cc2cc(-c3ccccc3C(=O)O)ncn2)C1. The molecule has 7 nitrogen and oxygen atoms in total. The van der Waals surface area contributed by atoms with Gasteiger partial charge in [0.05, 0.1) is 17.5 Å². The first-order valence-corrected chi connectivity index (χ1v) is 9.78. The number of carboxylic acid groups (broad SMARTS) is 1. The molecule has 3 rings (SSSR count). The maximum atomic E-state index is 11.6. The Morgan fingerprint density at radius 3 is 2.76 bits per heavy atom. The highest BCUT2D eigenvalue weighted by atomic mass is 32.2. The Morgan fingerprint density at radius 1 is 1.32 bits per heavy atom. The summed E-state index contributed by atoms with van der Waals surface area (Å²) < 4.78 is 24.7. The van der Waals surface area contributed by atoms with Crippen molar-refractivity contribution < 1.29 is 18.3 Å². The van der Waals surface area contributed by atoms with Crippen LogP contribution in [0, 0.1) is 5.92 Å². The Kier molecular flexibility index (Phi) is 4.82. The molecule has 0 amide bonds. The van der Waals surface area contributed by atoms with Crippen LogP contribution in [-0.2, 0) is 16.4 Å². The Labute approximate surface area is 146 Å². The summed E-state index contributed by atoms with van der Waals surface area (Å²) in [5.41, 5.74) is 2.07. The predicted molar refractivity (Wildman–Crippen MR) is 92.7 cm³/mol. The highest BCUT2D eigenvalue weighted by Gasteiger charge is 2.28. The van der Waals surface area contributed by atoms with Gasteiger partial charge in [0.2, 0.25) is 10.0 Å². The molecular formula is C17H19N3O4S. The second kappa shape index (κ2) is 6.89. The van der Waals surface area contributed by atoms with E-state index < -0.39 is 16.0 Å². The number of aromatic nitrogens is 2. The van der Waals surface area contributed by atoms with Crippen LogP contribution in [0.15, 0.2) is 36.7 Å². The van der Waals surface area contributed by atoms with E-state index in [1.165, 1.54) is 16.9 Å². The molecule has 2 aromatic rings. The van der Waals surface area contributed by atoms with Crippen molar-refractivity contribution in [2.24, 2.45) is 5.92 Å². The van der Waals surface area contributed by atoms with Gasteiger partial charge in [-0.25, -0.2) is 27.5 Å². The van der Waals surface area contributed by atoms with E-state index in [2.05, 4.69) is 9.97 Å². The molecule has 1 N–H and O–H groups in total. The van der Waals surface area contributed by atoms with Gasteiger partial charge in [0.15, 0.2) is 0 Å². The second-order valence-corrected chi connectivity index (χ2v) is 8.21. The molecule has 1 aliphatic heterocycles. The number of carbonyl (C=O) groups is 1. The van der Waals surface area contributed by atoms with Gasteiger partial charge in [-0.05, 0) is 30.9 Å². The standard InChI is InChI=1S/C17H19N3O4S/c1-25(23,24)20-7-6-12(10-20)8-13-9-16(19-11-18-13)14-4-2-3-5-15(14)17(21)22/h2-5,9,11-12H,6-8,10H2,1H3,(H,21,22)/t12-/m1/s1. The van der Waals surface area contributed by atoms with Crippen LogP contribution in [0.5, 0.6) is 0 Å². The molecule has 1 fully saturated rings. The zero-order valence-corrected chi connectivity index (χ0v) is 14.6. The zero-order valence-electron chi connectivity index (χ0n) is 13.8. The average molecular weight is 361 g/mol. The molecule has 1 aromatic carbocycles. The first-order chi connectivity index (χ1) is 11.8. The minimum atomic E-state index is -3.16. The molecule has 132 valence electrons. The van der Waals surface area contributed by atoms with Crippen molar-refractivity contribution in [1.82, 2.24) is 14.3 Å². The number of nitrogens with zero attached hydrogens (tertiary/aromatic N) is 3. The fraction of sp³-hybridized carbons (Fsp3) is 0.353. The maximum absolute atomic E-state index is 11.6. The van der Waals surface area contributed by atoms with Crippen LogP contribution in [0.2, 0.25) is 0 Å². The van der Waals surface area contributed by atoms with E-state index in [0.29, 0.717) is 30.8 Å². The molecule has 0 unspecified atom stereocenters. The lowest BCUT2D eigenvalue weighted by Crippen LogP contribution is -2.27. The molecule has 1 aromatic heterocycles. The van der Waals surface area contributed by atoms with E-state index >= 15 is 0 Å². The van der Waals surface area contributed by atoms with E-state index in [-0.39, 0.29) is 11.5 Å². The van der Waals surface area contributed by atoms with Gasteiger partial charge >= 0.3 is 5.97 Å². The fourth-order valence-corrected chi connectivity index (χ4v) is 4.03. The van der Waals surface area contributed by atoms with Gasteiger partial charge in [-0.3, -0.25) is 0 Å². The van der Waals surface area contributed by atoms with E-state index in [0.717, 1.165) is 12.1 Å². The van der Waals surface area contributed by atoms with Crippen molar-refractivity contribution in [1.29, 1.82) is 0 Å². The summed E-state index contributed by atoms with van der Waals surface area (Å²) in [6.45, 7) is 1.02. The lowest BCUT2D eigenvalue weighted by Gasteiger charge is -2.13. The van der Waals surface area contributed by atoms with Gasteiger partial charge in [-0.1, -0.05) is 18.2 Å². The molecule has 0 bridgehead atoms. The zero-order chi connectivity index (χ0) is 18.0. The fourth-order valence-electron chi connectivity index (χ4n) is 3.11. The number of sulfonamides is 1. The number of hydrogen-bond acceptors (Lipinski definition) is 5. The summed E-state index contributed by atoms with van der Waals surface area (Å²) in [5.74, 6) is -0.803. The molecule has 25 heavy (non-hydrogen) atoms. The molecule has 1 aliphatic rings. The largest absolute Gasteiger partial charge is 0.478 e. The smallest absolute Gasteiger partial charge is 0.336 e. The number of aromatic carboxylic acids is 1. The van der Waals surface area contributed by atoms with E-state index in [1.54, 1.807) is 30.3 Å². The van der Waals surface area contributed by atoms with Crippen LogP contribution in [0.3, 0.4) is 0 Å². The number of hydrogen-bond donors (Lipinski definition) is 1. The van der Waals surface area contributed by atoms with Gasteiger partial charge in [-0.15, -0.1) is 0 Å². The van der Waals surface area contributed by atoms with Crippen molar-refractivity contribution in [2.75, 3.05) is 19.3 Å². The van der Waals surface area contributed by atoms with Crippen molar-refractivity contribution in [2.45, 2.75) is 12.8 Å². The Morgan fingerprint density at radius 2 is 2.08 bits per heavy atom. The van der Waals surface area contributed by atoms with E-state index in [9.17, 15) is 18.3 Å². The van der Waals surface area contributed by atoms with Crippen molar-refractivity contribution in [3.63, 3.8) is 0 Å². The Bertz CT molecular complexity index is 898. The van der Waals surface area contributed by atoms with Gasteiger partial charge in [0.1, 0.15) is 6.33 Å². The van der Waals surface area contributed by atoms with Crippen molar-refractivity contribution in [3.8, 4) is 11.3 Å². The van der Waals surface area contributed by atoms with E-state index in [4.69, 9.17) is 0 Å². The minimum absolute atomic E-state index is 0.191. The van der Waals surface area contributed by atoms with E-state index in [1.807, 2.05) is 0 Å². The number of carboxylic acids is 1. The summed E-state index contributed by atoms with van der Waals surface area (Å²) in [5, 5.41) is 9.33. The number of benzene rings is 1. The van der Waals surface area contributed by atoms with Crippen LogP contribution < -0.4 is 0 Å². The summed E-state index contributed by atoms with van der Waals surface area (Å²) >= 11 is 0. The lowest BCUT2D eigenvalue weighted by atomic mass is 10.00. The molecule has 0 spiro atoms. The quantitative estimate of drug-likeness (QED) is 0.869. The predicted octanol–water partition coefficient (Wildman–Crippen LogP) is 1.67. The summed E-state index contributed by atoms with van der Waals surface area (Å²) in [6, 6.07) is 8.49. The first kappa shape index (κ1) is 17.5. The van der Waals surface area contributed by atoms with Crippen molar-refractivity contribution in [3.05, 3.63) is 47.9 Å². The van der Waals surface area contributed by atoms with Crippen LogP contribution in [0.25, 0.3) is 11.3 Å². The molecule has 8 heteroatoms. The molecule has 1 atom stereocenters. The van der Waals surface area contributed by atoms with Gasteiger partial charge in [-0.2, -0.15) is 0 Å². The second-order valence-electron chi connectivity index (χ2n) is 6.23. The van der Waals surface area contributed by atoms with Crippen LogP contribution in [0.1, 0.15) is 22.5 Å². The third-order valence-electron chi connectivity index (χ3n) is 4.37. The minimum Gasteiger partial charge on any atom is -0.478 e. The highest BCUT2D eigenvalue weighted by molar-refractivity contribution is 7.88. The van der Waals surface area contributed by atoms with Crippen LogP contribution in [-0.4, -0.2) is 53.1 Å². The Balaban J connectivity index is 1.81. The lowest BCUT2D eigenvalue weighted by molar-refractivity contribution is 0.0697. The third-order valence-corrected chi connectivity index (χ3v) is 5.64. The van der Waals surface area contributed by atoms with Gasteiger partial charge in [0.25, 0.3) is 0 Å². The number of rotatable bonds is 5. The van der Waals surface area contributed by atoms with Crippen LogP contribution >= 0.6 is 0 Å². The van der Waals surface area contributed by atoms with Gasteiger partial charge in [0, 0.05) is 24.3 Å². The normalized spacial score (nSPS) is 18.4. The topological polar surface area (TPSA) is 100 Å². The average Bonchev–Trinajstić information content (AvgIpc) is 3.04. The van der Waals surface area contributed by atoms with Crippen molar-refractivity contribution >= 4 is 16.0 Å². The molecule has 0 saturated carbocycles. The molecule has 2 heterocycles. The third kappa shape index (κ3) is 4.02. The summed E-state index contributed by atoms with van der Waals surface area (Å²) in [4.78, 5) is 19.8.